The van der Waals surface area contributed by atoms with Crippen LogP contribution in [0, 0.1) is 5.92 Å². The Hall–Kier alpha value is -1.35. The number of carbonyl (C=O) groups is 1. The Morgan fingerprint density at radius 3 is 2.41 bits per heavy atom. The van der Waals surface area contributed by atoms with Gasteiger partial charge in [-0.1, -0.05) is 37.3 Å². The monoisotopic (exact) mass is 236 g/mol. The molecule has 0 aromatic heterocycles. The Morgan fingerprint density at radius 1 is 1.35 bits per heavy atom. The summed E-state index contributed by atoms with van der Waals surface area (Å²) >= 11 is 0. The van der Waals surface area contributed by atoms with Crippen LogP contribution in [0.15, 0.2) is 30.3 Å². The van der Waals surface area contributed by atoms with E-state index in [9.17, 15) is 9.90 Å². The van der Waals surface area contributed by atoms with E-state index in [2.05, 4.69) is 0 Å². The fraction of sp³-hybridized carbons (Fsp3) is 0.500. The van der Waals surface area contributed by atoms with Gasteiger partial charge in [0.05, 0.1) is 12.5 Å². The molecule has 0 aliphatic rings. The first-order valence-electron chi connectivity index (χ1n) is 5.98. The third-order valence-electron chi connectivity index (χ3n) is 3.02. The number of aliphatic hydroxyl groups is 1. The van der Waals surface area contributed by atoms with Gasteiger partial charge in [-0.3, -0.25) is 4.79 Å². The number of hydrogen-bond acceptors (Lipinski definition) is 3. The molecule has 0 spiro atoms. The molecule has 0 aliphatic carbocycles. The minimum Gasteiger partial charge on any atom is -0.466 e. The fourth-order valence-corrected chi connectivity index (χ4v) is 2.01. The molecule has 3 nitrogen and oxygen atoms in total. The summed E-state index contributed by atoms with van der Waals surface area (Å²) in [4.78, 5) is 11.8. The van der Waals surface area contributed by atoms with Gasteiger partial charge in [-0.05, 0) is 25.8 Å². The summed E-state index contributed by atoms with van der Waals surface area (Å²) < 4.78 is 5.00. The molecule has 94 valence electrons. The minimum atomic E-state index is -1.19. The lowest BCUT2D eigenvalue weighted by Crippen LogP contribution is -2.38. The van der Waals surface area contributed by atoms with E-state index in [1.807, 2.05) is 37.3 Å². The van der Waals surface area contributed by atoms with Crippen LogP contribution in [0.3, 0.4) is 0 Å². The molecule has 0 fully saturated rings. The van der Waals surface area contributed by atoms with Gasteiger partial charge in [0.25, 0.3) is 0 Å². The Labute approximate surface area is 102 Å². The van der Waals surface area contributed by atoms with Gasteiger partial charge >= 0.3 is 5.97 Å². The van der Waals surface area contributed by atoms with Crippen LogP contribution in [-0.2, 0) is 15.1 Å². The van der Waals surface area contributed by atoms with Crippen LogP contribution in [0.25, 0.3) is 0 Å². The van der Waals surface area contributed by atoms with Gasteiger partial charge in [-0.25, -0.2) is 0 Å². The lowest BCUT2D eigenvalue weighted by atomic mass is 9.81. The first-order chi connectivity index (χ1) is 8.04. The van der Waals surface area contributed by atoms with Crippen molar-refractivity contribution in [2.45, 2.75) is 32.8 Å². The average Bonchev–Trinajstić information content (AvgIpc) is 2.31. The quantitative estimate of drug-likeness (QED) is 0.799. The molecule has 2 unspecified atom stereocenters. The van der Waals surface area contributed by atoms with Gasteiger partial charge in [-0.15, -0.1) is 0 Å². The summed E-state index contributed by atoms with van der Waals surface area (Å²) in [7, 11) is 0. The molecule has 1 aromatic carbocycles. The zero-order chi connectivity index (χ0) is 12.9. The normalized spacial score (nSPS) is 16.0. The smallest absolute Gasteiger partial charge is 0.312 e. The highest BCUT2D eigenvalue weighted by Crippen LogP contribution is 2.32. The van der Waals surface area contributed by atoms with Gasteiger partial charge < -0.3 is 9.84 Å². The van der Waals surface area contributed by atoms with Gasteiger partial charge in [0.1, 0.15) is 5.60 Å². The first-order valence-corrected chi connectivity index (χ1v) is 5.98. The summed E-state index contributed by atoms with van der Waals surface area (Å²) in [5.41, 5.74) is -0.456. The molecular weight excluding hydrogens is 216 g/mol. The van der Waals surface area contributed by atoms with E-state index < -0.39 is 11.5 Å². The van der Waals surface area contributed by atoms with Crippen molar-refractivity contribution in [2.24, 2.45) is 5.92 Å². The van der Waals surface area contributed by atoms with Crippen LogP contribution in [0.4, 0.5) is 0 Å². The highest BCUT2D eigenvalue weighted by atomic mass is 16.5. The largest absolute Gasteiger partial charge is 0.466 e. The summed E-state index contributed by atoms with van der Waals surface area (Å²) in [6, 6.07) is 9.22. The molecule has 17 heavy (non-hydrogen) atoms. The van der Waals surface area contributed by atoms with Crippen molar-refractivity contribution >= 4 is 5.97 Å². The van der Waals surface area contributed by atoms with Crippen molar-refractivity contribution in [3.05, 3.63) is 35.9 Å². The molecule has 0 radical (unpaired) electrons. The molecule has 0 saturated carbocycles. The van der Waals surface area contributed by atoms with E-state index in [4.69, 9.17) is 4.74 Å². The Balaban J connectivity index is 2.98. The van der Waals surface area contributed by atoms with Crippen molar-refractivity contribution in [3.8, 4) is 0 Å². The van der Waals surface area contributed by atoms with Crippen LogP contribution in [-0.4, -0.2) is 17.7 Å². The van der Waals surface area contributed by atoms with Crippen LogP contribution >= 0.6 is 0 Å². The standard InChI is InChI=1S/C14H20O3/c1-4-12(13(15)17-5-2)14(3,16)11-9-7-6-8-10-11/h6-10,12,16H,4-5H2,1-3H3. The zero-order valence-corrected chi connectivity index (χ0v) is 10.6. The highest BCUT2D eigenvalue weighted by Gasteiger charge is 2.38. The third-order valence-corrected chi connectivity index (χ3v) is 3.02. The summed E-state index contributed by atoms with van der Waals surface area (Å²) in [5, 5.41) is 10.5. The molecule has 1 aromatic rings. The van der Waals surface area contributed by atoms with Gasteiger partial charge in [0.2, 0.25) is 0 Å². The summed E-state index contributed by atoms with van der Waals surface area (Å²) in [6.45, 7) is 5.63. The molecule has 1 N–H and O–H groups in total. The molecule has 0 amide bonds. The molecule has 1 rings (SSSR count). The maximum Gasteiger partial charge on any atom is 0.312 e. The lowest BCUT2D eigenvalue weighted by Gasteiger charge is -2.31. The average molecular weight is 236 g/mol. The second-order valence-corrected chi connectivity index (χ2v) is 4.23. The van der Waals surface area contributed by atoms with Crippen molar-refractivity contribution in [3.63, 3.8) is 0 Å². The number of hydrogen-bond donors (Lipinski definition) is 1. The number of benzene rings is 1. The predicted molar refractivity (Wildman–Crippen MR) is 66.4 cm³/mol. The van der Waals surface area contributed by atoms with Crippen LogP contribution in [0.5, 0.6) is 0 Å². The van der Waals surface area contributed by atoms with Crippen LogP contribution in [0.1, 0.15) is 32.8 Å². The molecule has 0 heterocycles. The third kappa shape index (κ3) is 3.07. The van der Waals surface area contributed by atoms with E-state index in [1.54, 1.807) is 13.8 Å². The summed E-state index contributed by atoms with van der Waals surface area (Å²) in [6.07, 6.45) is 0.542. The van der Waals surface area contributed by atoms with Crippen molar-refractivity contribution in [1.82, 2.24) is 0 Å². The maximum absolute atomic E-state index is 11.8. The molecule has 3 heteroatoms. The van der Waals surface area contributed by atoms with E-state index >= 15 is 0 Å². The lowest BCUT2D eigenvalue weighted by molar-refractivity contribution is -0.158. The number of ether oxygens (including phenoxy) is 1. The van der Waals surface area contributed by atoms with Crippen LogP contribution in [0.2, 0.25) is 0 Å². The second kappa shape index (κ2) is 5.82. The maximum atomic E-state index is 11.8. The zero-order valence-electron chi connectivity index (χ0n) is 10.6. The molecule has 0 bridgehead atoms. The number of rotatable bonds is 5. The van der Waals surface area contributed by atoms with Crippen LogP contribution < -0.4 is 0 Å². The predicted octanol–water partition coefficient (Wildman–Crippen LogP) is 2.48. The van der Waals surface area contributed by atoms with E-state index in [1.165, 1.54) is 0 Å². The number of esters is 1. The Bertz CT molecular complexity index is 357. The Morgan fingerprint density at radius 2 is 1.94 bits per heavy atom. The SMILES string of the molecule is CCOC(=O)C(CC)C(C)(O)c1ccccc1. The molecule has 0 aliphatic heterocycles. The molecular formula is C14H20O3. The van der Waals surface area contributed by atoms with Gasteiger partial charge in [0.15, 0.2) is 0 Å². The number of carbonyl (C=O) groups excluding carboxylic acids is 1. The fourth-order valence-electron chi connectivity index (χ4n) is 2.01. The van der Waals surface area contributed by atoms with E-state index in [0.29, 0.717) is 13.0 Å². The topological polar surface area (TPSA) is 46.5 Å². The van der Waals surface area contributed by atoms with Crippen molar-refractivity contribution < 1.29 is 14.6 Å². The Kier molecular flexibility index (Phi) is 4.70. The molecule has 2 atom stereocenters. The van der Waals surface area contributed by atoms with Gasteiger partial charge in [0, 0.05) is 0 Å². The van der Waals surface area contributed by atoms with Crippen molar-refractivity contribution in [1.29, 1.82) is 0 Å². The van der Waals surface area contributed by atoms with E-state index in [0.717, 1.165) is 5.56 Å². The van der Waals surface area contributed by atoms with Crippen molar-refractivity contribution in [2.75, 3.05) is 6.61 Å². The van der Waals surface area contributed by atoms with E-state index in [-0.39, 0.29) is 5.97 Å². The molecule has 0 saturated heterocycles. The second-order valence-electron chi connectivity index (χ2n) is 4.23. The first kappa shape index (κ1) is 13.7. The van der Waals surface area contributed by atoms with Gasteiger partial charge in [-0.2, -0.15) is 0 Å². The minimum absolute atomic E-state index is 0.334. The highest BCUT2D eigenvalue weighted by molar-refractivity contribution is 5.74. The summed E-state index contributed by atoms with van der Waals surface area (Å²) in [5.74, 6) is -0.881.